The fourth-order valence-electron chi connectivity index (χ4n) is 3.15. The van der Waals surface area contributed by atoms with Gasteiger partial charge in [-0.2, -0.15) is 0 Å². The Kier molecular flexibility index (Phi) is 7.75. The van der Waals surface area contributed by atoms with Crippen LogP contribution in [0, 0.1) is 0 Å². The molecule has 0 saturated carbocycles. The molecule has 0 fully saturated rings. The number of hydrogen-bond acceptors (Lipinski definition) is 5. The number of benzene rings is 2. The molecule has 9 heteroatoms. The molecule has 1 N–H and O–H groups in total. The average Bonchev–Trinajstić information content (AvgIpc) is 2.76. The first kappa shape index (κ1) is 23.3. The molecule has 2 aromatic rings. The molecule has 2 aromatic carbocycles. The summed E-state index contributed by atoms with van der Waals surface area (Å²) in [7, 11) is 1.58. The first-order valence-corrected chi connectivity index (χ1v) is 11.5. The van der Waals surface area contributed by atoms with Crippen LogP contribution in [0.3, 0.4) is 0 Å². The van der Waals surface area contributed by atoms with Crippen molar-refractivity contribution < 1.29 is 19.1 Å². The minimum atomic E-state index is -0.755. The fourth-order valence-corrected chi connectivity index (χ4v) is 3.86. The van der Waals surface area contributed by atoms with Crippen molar-refractivity contribution in [1.29, 1.82) is 0 Å². The number of rotatable bonds is 7. The molecule has 1 unspecified atom stereocenters. The summed E-state index contributed by atoms with van der Waals surface area (Å²) in [6.45, 7) is 1.92. The van der Waals surface area contributed by atoms with Gasteiger partial charge in [-0.3, -0.25) is 4.90 Å². The van der Waals surface area contributed by atoms with Crippen molar-refractivity contribution in [2.75, 3.05) is 26.5 Å². The van der Waals surface area contributed by atoms with Gasteiger partial charge >= 0.3 is 12.0 Å². The van der Waals surface area contributed by atoms with Crippen LogP contribution in [-0.4, -0.2) is 43.4 Å². The van der Waals surface area contributed by atoms with Gasteiger partial charge < -0.3 is 14.8 Å². The zero-order chi connectivity index (χ0) is 22.5. The molecule has 0 aliphatic carbocycles. The van der Waals surface area contributed by atoms with E-state index in [-0.39, 0.29) is 24.8 Å². The van der Waals surface area contributed by atoms with Crippen molar-refractivity contribution in [1.82, 2.24) is 10.2 Å². The number of nitrogens with zero attached hydrogens (tertiary/aromatic N) is 1. The number of urea groups is 1. The Balaban J connectivity index is 2.01. The molecular weight excluding hydrogens is 459 g/mol. The number of amides is 2. The maximum atomic E-state index is 12.9. The summed E-state index contributed by atoms with van der Waals surface area (Å²) in [5, 5.41) is 3.53. The Bertz CT molecular complexity index is 1010. The van der Waals surface area contributed by atoms with Crippen LogP contribution in [0.25, 0.3) is 0 Å². The fraction of sp³-hybridized carbons (Fsp3) is 0.273. The summed E-state index contributed by atoms with van der Waals surface area (Å²) in [5.41, 5.74) is 1.30. The molecule has 1 heterocycles. The van der Waals surface area contributed by atoms with Crippen LogP contribution in [0.4, 0.5) is 4.79 Å². The predicted octanol–water partition coefficient (Wildman–Crippen LogP) is 5.31. The van der Waals surface area contributed by atoms with Crippen LogP contribution in [0.1, 0.15) is 18.5 Å². The lowest BCUT2D eigenvalue weighted by atomic mass is 9.94. The van der Waals surface area contributed by atoms with Gasteiger partial charge in [0.1, 0.15) is 12.4 Å². The summed E-state index contributed by atoms with van der Waals surface area (Å²) in [5.74, 6) is 0.0840. The zero-order valence-electron chi connectivity index (χ0n) is 17.3. The monoisotopic (exact) mass is 480 g/mol. The van der Waals surface area contributed by atoms with Crippen molar-refractivity contribution in [3.8, 4) is 5.75 Å². The standard InChI is InChI=1S/C22H22Cl2N2O4S/c1-4-29-21(27)19-18(12-30-14-6-8-15(31-3)9-7-14)26(2)22(28)25-20(19)13-5-10-16(23)17(24)11-13/h5-11,20H,4,12H2,1-3H3,(H,25,28). The second-order valence-corrected chi connectivity index (χ2v) is 8.35. The highest BCUT2D eigenvalue weighted by Crippen LogP contribution is 2.34. The minimum Gasteiger partial charge on any atom is -0.487 e. The highest BCUT2D eigenvalue weighted by atomic mass is 35.5. The SMILES string of the molecule is CCOC(=O)C1=C(COc2ccc(SC)cc2)N(C)C(=O)NC1c1ccc(Cl)c(Cl)c1. The molecule has 0 bridgehead atoms. The number of ether oxygens (including phenoxy) is 2. The smallest absolute Gasteiger partial charge is 0.338 e. The lowest BCUT2D eigenvalue weighted by Crippen LogP contribution is -2.48. The number of thioether (sulfide) groups is 1. The van der Waals surface area contributed by atoms with Crippen LogP contribution >= 0.6 is 35.0 Å². The van der Waals surface area contributed by atoms with E-state index in [1.807, 2.05) is 30.5 Å². The molecule has 164 valence electrons. The third-order valence-electron chi connectivity index (χ3n) is 4.78. The summed E-state index contributed by atoms with van der Waals surface area (Å²) in [4.78, 5) is 28.0. The van der Waals surface area contributed by atoms with Crippen molar-refractivity contribution in [3.63, 3.8) is 0 Å². The molecule has 0 aromatic heterocycles. The van der Waals surface area contributed by atoms with Crippen LogP contribution in [0.15, 0.2) is 58.6 Å². The van der Waals surface area contributed by atoms with Crippen LogP contribution in [0.2, 0.25) is 10.0 Å². The van der Waals surface area contributed by atoms with E-state index in [9.17, 15) is 9.59 Å². The molecule has 31 heavy (non-hydrogen) atoms. The van der Waals surface area contributed by atoms with Gasteiger partial charge in [-0.25, -0.2) is 9.59 Å². The Morgan fingerprint density at radius 1 is 1.16 bits per heavy atom. The summed E-state index contributed by atoms with van der Waals surface area (Å²) in [6, 6.07) is 11.4. The van der Waals surface area contributed by atoms with E-state index in [4.69, 9.17) is 32.7 Å². The van der Waals surface area contributed by atoms with E-state index in [1.54, 1.807) is 43.9 Å². The van der Waals surface area contributed by atoms with E-state index in [1.165, 1.54) is 4.90 Å². The minimum absolute atomic E-state index is 0.00844. The first-order valence-electron chi connectivity index (χ1n) is 9.51. The maximum Gasteiger partial charge on any atom is 0.338 e. The average molecular weight is 481 g/mol. The van der Waals surface area contributed by atoms with Gasteiger partial charge in [0.25, 0.3) is 0 Å². The van der Waals surface area contributed by atoms with Crippen molar-refractivity contribution in [3.05, 3.63) is 69.3 Å². The van der Waals surface area contributed by atoms with E-state index >= 15 is 0 Å². The van der Waals surface area contributed by atoms with Gasteiger partial charge in [-0.05, 0) is 55.1 Å². The van der Waals surface area contributed by atoms with E-state index in [2.05, 4.69) is 5.32 Å². The molecular formula is C22H22Cl2N2O4S. The molecule has 6 nitrogen and oxygen atoms in total. The lowest BCUT2D eigenvalue weighted by molar-refractivity contribution is -0.139. The molecule has 1 aliphatic rings. The maximum absolute atomic E-state index is 12.9. The van der Waals surface area contributed by atoms with Crippen LogP contribution in [0.5, 0.6) is 5.75 Å². The Labute approximate surface area is 195 Å². The number of halogens is 2. The molecule has 0 saturated heterocycles. The molecule has 0 radical (unpaired) electrons. The van der Waals surface area contributed by atoms with Crippen molar-refractivity contribution in [2.45, 2.75) is 17.9 Å². The first-order chi connectivity index (χ1) is 14.8. The third kappa shape index (κ3) is 5.29. The molecule has 0 spiro atoms. The number of carbonyl (C=O) groups is 2. The Morgan fingerprint density at radius 2 is 1.87 bits per heavy atom. The van der Waals surface area contributed by atoms with Gasteiger partial charge in [0.05, 0.1) is 34.0 Å². The number of hydrogen-bond donors (Lipinski definition) is 1. The molecule has 3 rings (SSSR count). The summed E-state index contributed by atoms with van der Waals surface area (Å²) in [6.07, 6.45) is 1.99. The molecule has 2 amide bonds. The topological polar surface area (TPSA) is 67.9 Å². The number of carbonyl (C=O) groups excluding carboxylic acids is 2. The van der Waals surface area contributed by atoms with Crippen molar-refractivity contribution >= 4 is 47.0 Å². The van der Waals surface area contributed by atoms with Gasteiger partial charge in [0.15, 0.2) is 0 Å². The highest BCUT2D eigenvalue weighted by Gasteiger charge is 2.37. The van der Waals surface area contributed by atoms with E-state index in [0.29, 0.717) is 27.1 Å². The second-order valence-electron chi connectivity index (χ2n) is 6.66. The normalized spacial score (nSPS) is 16.2. The van der Waals surface area contributed by atoms with E-state index < -0.39 is 12.0 Å². The lowest BCUT2D eigenvalue weighted by Gasteiger charge is -2.34. The van der Waals surface area contributed by atoms with Gasteiger partial charge in [-0.15, -0.1) is 11.8 Å². The van der Waals surface area contributed by atoms with E-state index in [0.717, 1.165) is 4.90 Å². The second kappa shape index (κ2) is 10.3. The summed E-state index contributed by atoms with van der Waals surface area (Å²) >= 11 is 13.8. The predicted molar refractivity (Wildman–Crippen MR) is 123 cm³/mol. The molecule has 1 atom stereocenters. The van der Waals surface area contributed by atoms with Gasteiger partial charge in [0.2, 0.25) is 0 Å². The number of esters is 1. The molecule has 1 aliphatic heterocycles. The van der Waals surface area contributed by atoms with Gasteiger partial charge in [0, 0.05) is 11.9 Å². The van der Waals surface area contributed by atoms with Gasteiger partial charge in [-0.1, -0.05) is 29.3 Å². The third-order valence-corrected chi connectivity index (χ3v) is 6.27. The summed E-state index contributed by atoms with van der Waals surface area (Å²) < 4.78 is 11.2. The zero-order valence-corrected chi connectivity index (χ0v) is 19.6. The largest absolute Gasteiger partial charge is 0.487 e. The quantitative estimate of drug-likeness (QED) is 0.429. The Hall–Kier alpha value is -2.35. The highest BCUT2D eigenvalue weighted by molar-refractivity contribution is 7.98. The number of likely N-dealkylation sites (N-methyl/N-ethyl adjacent to an activating group) is 1. The van der Waals surface area contributed by atoms with Crippen LogP contribution < -0.4 is 10.1 Å². The number of nitrogens with one attached hydrogen (secondary N) is 1. The van der Waals surface area contributed by atoms with Crippen LogP contribution in [-0.2, 0) is 9.53 Å². The van der Waals surface area contributed by atoms with Crippen molar-refractivity contribution in [2.24, 2.45) is 0 Å². The Morgan fingerprint density at radius 3 is 2.48 bits per heavy atom.